The summed E-state index contributed by atoms with van der Waals surface area (Å²) in [5, 5.41) is 2.66. The van der Waals surface area contributed by atoms with Crippen LogP contribution in [-0.4, -0.2) is 16.8 Å². The molecule has 1 heterocycles. The van der Waals surface area contributed by atoms with E-state index in [1.54, 1.807) is 12.1 Å². The molecule has 1 aliphatic carbocycles. The molecule has 1 aromatic heterocycles. The van der Waals surface area contributed by atoms with E-state index >= 15 is 0 Å². The molecule has 0 unspecified atom stereocenters. The van der Waals surface area contributed by atoms with E-state index in [-0.39, 0.29) is 12.5 Å². The number of hydrogen-bond donors (Lipinski definition) is 3. The summed E-state index contributed by atoms with van der Waals surface area (Å²) in [6.07, 6.45) is 2.58. The first kappa shape index (κ1) is 11.4. The molecule has 0 saturated heterocycles. The molecule has 2 amide bonds. The molecule has 0 atom stereocenters. The Balaban J connectivity index is 1.93. The van der Waals surface area contributed by atoms with Gasteiger partial charge in [0, 0.05) is 0 Å². The minimum Gasteiger partial charge on any atom is -0.397 e. The third-order valence-corrected chi connectivity index (χ3v) is 2.93. The van der Waals surface area contributed by atoms with E-state index in [4.69, 9.17) is 11.5 Å². The lowest BCUT2D eigenvalue weighted by atomic mass is 10.1. The highest BCUT2D eigenvalue weighted by molar-refractivity contribution is 6.07. The molecular weight excluding hydrogens is 220 g/mol. The predicted octanol–water partition coefficient (Wildman–Crippen LogP) is -0.454. The summed E-state index contributed by atoms with van der Waals surface area (Å²) in [5.74, 6) is -0.871. The van der Waals surface area contributed by atoms with Gasteiger partial charge in [0.25, 0.3) is 0 Å². The number of amides is 2. The van der Waals surface area contributed by atoms with Crippen molar-refractivity contribution in [1.82, 2.24) is 10.3 Å². The van der Waals surface area contributed by atoms with Crippen LogP contribution in [0.1, 0.15) is 18.5 Å². The van der Waals surface area contributed by atoms with E-state index in [1.807, 2.05) is 0 Å². The van der Waals surface area contributed by atoms with Gasteiger partial charge in [-0.2, -0.15) is 0 Å². The van der Waals surface area contributed by atoms with E-state index in [1.165, 1.54) is 6.20 Å². The summed E-state index contributed by atoms with van der Waals surface area (Å²) in [6.45, 7) is 0.272. The first-order valence-electron chi connectivity index (χ1n) is 5.33. The van der Waals surface area contributed by atoms with Gasteiger partial charge in [-0.3, -0.25) is 14.6 Å². The summed E-state index contributed by atoms with van der Waals surface area (Å²) in [7, 11) is 0. The Kier molecular flexibility index (Phi) is 2.71. The van der Waals surface area contributed by atoms with Crippen molar-refractivity contribution in [3.8, 4) is 0 Å². The average Bonchev–Trinajstić information content (AvgIpc) is 3.09. The number of nitrogens with two attached hydrogens (primary N) is 2. The second kappa shape index (κ2) is 4.04. The van der Waals surface area contributed by atoms with Gasteiger partial charge >= 0.3 is 0 Å². The molecule has 1 saturated carbocycles. The summed E-state index contributed by atoms with van der Waals surface area (Å²) in [6, 6.07) is 3.43. The molecule has 1 aromatic rings. The van der Waals surface area contributed by atoms with Crippen LogP contribution in [0, 0.1) is 5.41 Å². The third kappa shape index (κ3) is 2.20. The number of anilines is 1. The van der Waals surface area contributed by atoms with Crippen LogP contribution in [0.5, 0.6) is 0 Å². The van der Waals surface area contributed by atoms with Gasteiger partial charge in [-0.05, 0) is 25.0 Å². The van der Waals surface area contributed by atoms with Crippen molar-refractivity contribution in [3.05, 3.63) is 24.0 Å². The average molecular weight is 234 g/mol. The zero-order valence-corrected chi connectivity index (χ0v) is 9.27. The molecular formula is C11H14N4O2. The number of nitrogens with zero attached hydrogens (tertiary/aromatic N) is 1. The molecule has 0 aromatic carbocycles. The monoisotopic (exact) mass is 234 g/mol. The first-order chi connectivity index (χ1) is 8.04. The number of pyridine rings is 1. The van der Waals surface area contributed by atoms with Crippen LogP contribution in [0.25, 0.3) is 0 Å². The lowest BCUT2D eigenvalue weighted by molar-refractivity contribution is -0.135. The van der Waals surface area contributed by atoms with Gasteiger partial charge in [0.2, 0.25) is 11.8 Å². The SMILES string of the molecule is NC(=O)C1(C(=O)NCc2ccc(N)cn2)CC1. The number of carbonyl (C=O) groups excluding carboxylic acids is 2. The van der Waals surface area contributed by atoms with Crippen molar-refractivity contribution in [1.29, 1.82) is 0 Å². The van der Waals surface area contributed by atoms with Crippen LogP contribution in [0.2, 0.25) is 0 Å². The highest BCUT2D eigenvalue weighted by Crippen LogP contribution is 2.45. The van der Waals surface area contributed by atoms with Crippen LogP contribution in [0.15, 0.2) is 18.3 Å². The van der Waals surface area contributed by atoms with Gasteiger partial charge in [0.1, 0.15) is 5.41 Å². The maximum atomic E-state index is 11.7. The smallest absolute Gasteiger partial charge is 0.236 e. The van der Waals surface area contributed by atoms with Crippen LogP contribution in [-0.2, 0) is 16.1 Å². The molecule has 2 rings (SSSR count). The Labute approximate surface area is 98.4 Å². The number of rotatable bonds is 4. The molecule has 90 valence electrons. The van der Waals surface area contributed by atoms with Crippen LogP contribution in [0.3, 0.4) is 0 Å². The van der Waals surface area contributed by atoms with Crippen molar-refractivity contribution < 1.29 is 9.59 Å². The standard InChI is InChI=1S/C11H14N4O2/c12-7-1-2-8(14-5-7)6-15-10(17)11(3-4-11)9(13)16/h1-2,5H,3-4,6,12H2,(H2,13,16)(H,15,17). The van der Waals surface area contributed by atoms with Gasteiger partial charge in [0.05, 0.1) is 24.1 Å². The number of hydrogen-bond acceptors (Lipinski definition) is 4. The molecule has 1 aliphatic rings. The molecule has 5 N–H and O–H groups in total. The number of primary amides is 1. The van der Waals surface area contributed by atoms with E-state index < -0.39 is 11.3 Å². The van der Waals surface area contributed by atoms with Crippen molar-refractivity contribution in [2.45, 2.75) is 19.4 Å². The Morgan fingerprint density at radius 1 is 1.41 bits per heavy atom. The summed E-state index contributed by atoms with van der Waals surface area (Å²) in [4.78, 5) is 26.9. The molecule has 0 aliphatic heterocycles. The number of carbonyl (C=O) groups is 2. The lowest BCUT2D eigenvalue weighted by Crippen LogP contribution is -2.40. The van der Waals surface area contributed by atoms with Crippen molar-refractivity contribution in [2.75, 3.05) is 5.73 Å². The van der Waals surface area contributed by atoms with Crippen LogP contribution in [0.4, 0.5) is 5.69 Å². The molecule has 0 radical (unpaired) electrons. The summed E-state index contributed by atoms with van der Waals surface area (Å²) >= 11 is 0. The Hall–Kier alpha value is -2.11. The van der Waals surface area contributed by atoms with Gasteiger partial charge in [-0.15, -0.1) is 0 Å². The van der Waals surface area contributed by atoms with Gasteiger partial charge < -0.3 is 16.8 Å². The molecule has 6 heteroatoms. The van der Waals surface area contributed by atoms with Crippen molar-refractivity contribution in [2.24, 2.45) is 11.1 Å². The second-order valence-electron chi connectivity index (χ2n) is 4.21. The normalized spacial score (nSPS) is 16.2. The first-order valence-corrected chi connectivity index (χ1v) is 5.33. The summed E-state index contributed by atoms with van der Waals surface area (Å²) < 4.78 is 0. The van der Waals surface area contributed by atoms with Gasteiger partial charge in [-0.1, -0.05) is 0 Å². The van der Waals surface area contributed by atoms with E-state index in [2.05, 4.69) is 10.3 Å². The maximum absolute atomic E-state index is 11.7. The number of nitrogens with one attached hydrogen (secondary N) is 1. The van der Waals surface area contributed by atoms with Crippen LogP contribution >= 0.6 is 0 Å². The Morgan fingerprint density at radius 2 is 2.12 bits per heavy atom. The topological polar surface area (TPSA) is 111 Å². The van der Waals surface area contributed by atoms with E-state index in [0.29, 0.717) is 24.2 Å². The zero-order valence-electron chi connectivity index (χ0n) is 9.27. The molecule has 0 bridgehead atoms. The molecule has 0 spiro atoms. The Bertz CT molecular complexity index is 451. The molecule has 6 nitrogen and oxygen atoms in total. The summed E-state index contributed by atoms with van der Waals surface area (Å²) in [5.41, 5.74) is 11.0. The number of nitrogen functional groups attached to an aromatic ring is 1. The van der Waals surface area contributed by atoms with Gasteiger partial charge in [0.15, 0.2) is 0 Å². The largest absolute Gasteiger partial charge is 0.397 e. The number of aromatic nitrogens is 1. The van der Waals surface area contributed by atoms with E-state index in [9.17, 15) is 9.59 Å². The quantitative estimate of drug-likeness (QED) is 0.612. The fourth-order valence-corrected chi connectivity index (χ4v) is 1.59. The van der Waals surface area contributed by atoms with Gasteiger partial charge in [-0.25, -0.2) is 0 Å². The Morgan fingerprint density at radius 3 is 2.59 bits per heavy atom. The zero-order chi connectivity index (χ0) is 12.5. The predicted molar refractivity (Wildman–Crippen MR) is 61.4 cm³/mol. The maximum Gasteiger partial charge on any atom is 0.236 e. The third-order valence-electron chi connectivity index (χ3n) is 2.93. The molecule has 1 fully saturated rings. The molecule has 17 heavy (non-hydrogen) atoms. The lowest BCUT2D eigenvalue weighted by Gasteiger charge is -2.11. The van der Waals surface area contributed by atoms with Crippen molar-refractivity contribution >= 4 is 17.5 Å². The fraction of sp³-hybridized carbons (Fsp3) is 0.364. The minimum absolute atomic E-state index is 0.272. The highest BCUT2D eigenvalue weighted by Gasteiger charge is 2.55. The van der Waals surface area contributed by atoms with E-state index in [0.717, 1.165) is 0 Å². The van der Waals surface area contributed by atoms with Crippen molar-refractivity contribution in [3.63, 3.8) is 0 Å². The highest BCUT2D eigenvalue weighted by atomic mass is 16.2. The minimum atomic E-state index is -0.978. The second-order valence-corrected chi connectivity index (χ2v) is 4.21. The van der Waals surface area contributed by atoms with Crippen LogP contribution < -0.4 is 16.8 Å². The fourth-order valence-electron chi connectivity index (χ4n) is 1.59.